The Hall–Kier alpha value is -2.63. The van der Waals surface area contributed by atoms with Gasteiger partial charge in [-0.15, -0.1) is 0 Å². The van der Waals surface area contributed by atoms with Gasteiger partial charge in [0, 0.05) is 19.3 Å². The third-order valence-electron chi connectivity index (χ3n) is 10.8. The van der Waals surface area contributed by atoms with Crippen molar-refractivity contribution in [2.75, 3.05) is 13.2 Å². The number of ether oxygens (including phenoxy) is 3. The molecule has 1 unspecified atom stereocenters. The Labute approximate surface area is 365 Å². The Morgan fingerprint density at radius 3 is 1.02 bits per heavy atom. The number of unbranched alkanes of at least 4 members (excludes halogenated alkanes) is 26. The Morgan fingerprint density at radius 2 is 0.610 bits per heavy atom. The molecule has 0 bridgehead atoms. The molecule has 0 amide bonds. The lowest BCUT2D eigenvalue weighted by atomic mass is 10.1. The van der Waals surface area contributed by atoms with Crippen LogP contribution in [0.15, 0.2) is 48.6 Å². The van der Waals surface area contributed by atoms with Crippen LogP contribution in [0.2, 0.25) is 0 Å². The van der Waals surface area contributed by atoms with Crippen LogP contribution in [0.3, 0.4) is 0 Å². The van der Waals surface area contributed by atoms with Crippen LogP contribution < -0.4 is 0 Å². The van der Waals surface area contributed by atoms with Gasteiger partial charge in [-0.2, -0.15) is 0 Å². The van der Waals surface area contributed by atoms with E-state index in [1.165, 1.54) is 122 Å². The fourth-order valence-electron chi connectivity index (χ4n) is 6.97. The molecule has 0 aromatic heterocycles. The maximum absolute atomic E-state index is 12.7. The molecule has 0 saturated heterocycles. The fourth-order valence-corrected chi connectivity index (χ4v) is 6.97. The lowest BCUT2D eigenvalue weighted by Gasteiger charge is -2.18. The molecule has 0 saturated carbocycles. The first kappa shape index (κ1) is 56.4. The smallest absolute Gasteiger partial charge is 0.306 e. The first-order chi connectivity index (χ1) is 29.0. The van der Waals surface area contributed by atoms with E-state index in [4.69, 9.17) is 14.2 Å². The summed E-state index contributed by atoms with van der Waals surface area (Å²) in [7, 11) is 0. The highest BCUT2D eigenvalue weighted by Crippen LogP contribution is 2.14. The van der Waals surface area contributed by atoms with E-state index < -0.39 is 6.10 Å². The van der Waals surface area contributed by atoms with E-state index in [-0.39, 0.29) is 31.1 Å². The van der Waals surface area contributed by atoms with Gasteiger partial charge in [0.2, 0.25) is 0 Å². The highest BCUT2D eigenvalue weighted by Gasteiger charge is 2.19. The normalized spacial score (nSPS) is 12.4. The highest BCUT2D eigenvalue weighted by molar-refractivity contribution is 5.71. The summed E-state index contributed by atoms with van der Waals surface area (Å²) in [6.45, 7) is 6.56. The van der Waals surface area contributed by atoms with E-state index in [9.17, 15) is 14.4 Å². The summed E-state index contributed by atoms with van der Waals surface area (Å²) in [4.78, 5) is 37.8. The van der Waals surface area contributed by atoms with Gasteiger partial charge in [-0.25, -0.2) is 0 Å². The van der Waals surface area contributed by atoms with Gasteiger partial charge >= 0.3 is 17.9 Å². The molecule has 0 aromatic rings. The molecule has 0 spiro atoms. The van der Waals surface area contributed by atoms with Crippen LogP contribution in [0, 0.1) is 0 Å². The third kappa shape index (κ3) is 46.3. The predicted molar refractivity (Wildman–Crippen MR) is 252 cm³/mol. The molecule has 1 atom stereocenters. The molecular weight excluding hydrogens is 733 g/mol. The van der Waals surface area contributed by atoms with Crippen molar-refractivity contribution in [3.63, 3.8) is 0 Å². The van der Waals surface area contributed by atoms with Gasteiger partial charge in [-0.05, 0) is 83.5 Å². The predicted octanol–water partition coefficient (Wildman–Crippen LogP) is 16.3. The van der Waals surface area contributed by atoms with Crippen molar-refractivity contribution in [3.8, 4) is 0 Å². The van der Waals surface area contributed by atoms with E-state index in [1.807, 2.05) is 0 Å². The molecule has 0 aromatic carbocycles. The van der Waals surface area contributed by atoms with Gasteiger partial charge in [-0.3, -0.25) is 14.4 Å². The van der Waals surface area contributed by atoms with Crippen molar-refractivity contribution in [1.82, 2.24) is 0 Å². The molecule has 0 aliphatic rings. The second-order valence-electron chi connectivity index (χ2n) is 16.7. The number of rotatable bonds is 45. The van der Waals surface area contributed by atoms with Gasteiger partial charge in [0.05, 0.1) is 0 Å². The van der Waals surface area contributed by atoms with Gasteiger partial charge in [0.1, 0.15) is 13.2 Å². The molecule has 0 N–H and O–H groups in total. The SMILES string of the molecule is CCCCC/C=C\C/C=C\C/C=C\CCCCCCCCC(=O)OCC(COC(=O)CCCCCCCCCCC)OC(=O)CCCCCCC/C=C\CCCCCC. The summed E-state index contributed by atoms with van der Waals surface area (Å²) in [6, 6.07) is 0. The van der Waals surface area contributed by atoms with Crippen LogP contribution in [-0.4, -0.2) is 37.2 Å². The molecule has 0 radical (unpaired) electrons. The molecule has 342 valence electrons. The maximum Gasteiger partial charge on any atom is 0.306 e. The van der Waals surface area contributed by atoms with Crippen molar-refractivity contribution in [3.05, 3.63) is 48.6 Å². The number of allylic oxidation sites excluding steroid dienone is 8. The Kier molecular flexibility index (Phi) is 45.9. The van der Waals surface area contributed by atoms with Crippen LogP contribution >= 0.6 is 0 Å². The molecule has 0 heterocycles. The highest BCUT2D eigenvalue weighted by atomic mass is 16.6. The molecule has 0 aliphatic carbocycles. The first-order valence-corrected chi connectivity index (χ1v) is 25.1. The minimum Gasteiger partial charge on any atom is -0.462 e. The van der Waals surface area contributed by atoms with Gasteiger partial charge in [-0.1, -0.05) is 198 Å². The van der Waals surface area contributed by atoms with E-state index >= 15 is 0 Å². The monoisotopic (exact) mass is 827 g/mol. The zero-order chi connectivity index (χ0) is 43.0. The Morgan fingerprint density at radius 1 is 0.339 bits per heavy atom. The largest absolute Gasteiger partial charge is 0.462 e. The molecule has 0 rings (SSSR count). The quantitative estimate of drug-likeness (QED) is 0.0263. The van der Waals surface area contributed by atoms with E-state index in [1.54, 1.807) is 0 Å². The summed E-state index contributed by atoms with van der Waals surface area (Å²) < 4.78 is 16.7. The lowest BCUT2D eigenvalue weighted by molar-refractivity contribution is -0.167. The molecule has 0 aliphatic heterocycles. The molecule has 6 heteroatoms. The summed E-state index contributed by atoms with van der Waals surface area (Å²) in [5.41, 5.74) is 0. The summed E-state index contributed by atoms with van der Waals surface area (Å²) in [6.07, 6.45) is 56.6. The zero-order valence-electron chi connectivity index (χ0n) is 39.0. The minimum absolute atomic E-state index is 0.0792. The van der Waals surface area contributed by atoms with Crippen LogP contribution in [0.4, 0.5) is 0 Å². The van der Waals surface area contributed by atoms with Crippen molar-refractivity contribution in [2.45, 2.75) is 258 Å². The van der Waals surface area contributed by atoms with Crippen LogP contribution in [0.25, 0.3) is 0 Å². The van der Waals surface area contributed by atoms with Crippen molar-refractivity contribution in [2.24, 2.45) is 0 Å². The average Bonchev–Trinajstić information content (AvgIpc) is 3.23. The Balaban J connectivity index is 4.33. The summed E-state index contributed by atoms with van der Waals surface area (Å²) in [5.74, 6) is -0.900. The third-order valence-corrected chi connectivity index (χ3v) is 10.8. The number of carbonyl (C=O) groups excluding carboxylic acids is 3. The number of hydrogen-bond donors (Lipinski definition) is 0. The number of carbonyl (C=O) groups is 3. The average molecular weight is 827 g/mol. The van der Waals surface area contributed by atoms with Crippen LogP contribution in [0.1, 0.15) is 252 Å². The van der Waals surface area contributed by atoms with E-state index in [0.717, 1.165) is 89.9 Å². The minimum atomic E-state index is -0.778. The summed E-state index contributed by atoms with van der Waals surface area (Å²) >= 11 is 0. The molecule has 0 fully saturated rings. The van der Waals surface area contributed by atoms with Gasteiger partial charge < -0.3 is 14.2 Å². The summed E-state index contributed by atoms with van der Waals surface area (Å²) in [5, 5.41) is 0. The standard InChI is InChI=1S/C53H94O6/c1-4-7-10-13-16-19-21-23-24-25-26-27-28-30-31-34-37-40-43-46-52(55)58-49-50(48-57-51(54)45-42-39-36-33-18-15-12-9-6-3)59-53(56)47-44-41-38-35-32-29-22-20-17-14-11-8-5-2/h16,19-20,22-24,26-27,50H,4-15,17-18,21,25,28-49H2,1-3H3/b19-16-,22-20-,24-23-,27-26-. The second kappa shape index (κ2) is 48.0. The number of esters is 3. The van der Waals surface area contributed by atoms with E-state index in [2.05, 4.69) is 69.4 Å². The van der Waals surface area contributed by atoms with Gasteiger partial charge in [0.15, 0.2) is 6.10 Å². The topological polar surface area (TPSA) is 78.9 Å². The maximum atomic E-state index is 12.7. The number of hydrogen-bond acceptors (Lipinski definition) is 6. The first-order valence-electron chi connectivity index (χ1n) is 25.1. The molecule has 59 heavy (non-hydrogen) atoms. The van der Waals surface area contributed by atoms with Crippen molar-refractivity contribution >= 4 is 17.9 Å². The fraction of sp³-hybridized carbons (Fsp3) is 0.792. The molecular formula is C53H94O6. The van der Waals surface area contributed by atoms with E-state index in [0.29, 0.717) is 19.3 Å². The van der Waals surface area contributed by atoms with Crippen LogP contribution in [-0.2, 0) is 28.6 Å². The zero-order valence-corrected chi connectivity index (χ0v) is 39.0. The lowest BCUT2D eigenvalue weighted by Crippen LogP contribution is -2.30. The van der Waals surface area contributed by atoms with Crippen LogP contribution in [0.5, 0.6) is 0 Å². The Bertz CT molecular complexity index is 1040. The second-order valence-corrected chi connectivity index (χ2v) is 16.7. The molecule has 6 nitrogen and oxygen atoms in total. The van der Waals surface area contributed by atoms with Crippen molar-refractivity contribution in [1.29, 1.82) is 0 Å². The van der Waals surface area contributed by atoms with Crippen molar-refractivity contribution < 1.29 is 28.6 Å². The van der Waals surface area contributed by atoms with Gasteiger partial charge in [0.25, 0.3) is 0 Å².